The van der Waals surface area contributed by atoms with Crippen LogP contribution in [0, 0.1) is 6.92 Å². The van der Waals surface area contributed by atoms with Gasteiger partial charge in [0, 0.05) is 0 Å². The van der Waals surface area contributed by atoms with Crippen LogP contribution in [0.3, 0.4) is 0 Å². The van der Waals surface area contributed by atoms with E-state index >= 15 is 0 Å². The summed E-state index contributed by atoms with van der Waals surface area (Å²) in [6.45, 7) is 2.01. The zero-order valence-electron chi connectivity index (χ0n) is 9.06. The van der Waals surface area contributed by atoms with Crippen LogP contribution in [0.1, 0.15) is 17.5 Å². The second-order valence-electron chi connectivity index (χ2n) is 3.57. The summed E-state index contributed by atoms with van der Waals surface area (Å²) in [6.07, 6.45) is 0.0594. The van der Waals surface area contributed by atoms with Crippen molar-refractivity contribution in [2.24, 2.45) is 0 Å². The molecule has 1 N–H and O–H groups in total. The Labute approximate surface area is 89.7 Å². The number of carbonyl (C=O) groups is 1. The van der Waals surface area contributed by atoms with E-state index in [1.807, 2.05) is 31.2 Å². The van der Waals surface area contributed by atoms with Crippen molar-refractivity contribution in [3.8, 4) is 0 Å². The number of hydrogen-bond donors (Lipinski definition) is 1. The summed E-state index contributed by atoms with van der Waals surface area (Å²) >= 11 is 0. The van der Waals surface area contributed by atoms with E-state index in [2.05, 4.69) is 4.74 Å². The van der Waals surface area contributed by atoms with Gasteiger partial charge >= 0.3 is 5.97 Å². The maximum atomic E-state index is 10.9. The maximum absolute atomic E-state index is 10.9. The molecule has 0 aliphatic heterocycles. The molecule has 0 heterocycles. The number of aliphatic hydroxyl groups excluding tert-OH is 1. The van der Waals surface area contributed by atoms with Crippen molar-refractivity contribution in [1.82, 2.24) is 0 Å². The molecular formula is C12H16O3. The van der Waals surface area contributed by atoms with Gasteiger partial charge in [-0.25, -0.2) is 4.79 Å². The van der Waals surface area contributed by atoms with Crippen molar-refractivity contribution < 1.29 is 14.6 Å². The Bertz CT molecular complexity index is 333. The molecule has 0 aliphatic carbocycles. The van der Waals surface area contributed by atoms with Gasteiger partial charge in [-0.2, -0.15) is 0 Å². The average Bonchev–Trinajstić information content (AvgIpc) is 2.25. The first-order valence-corrected chi connectivity index (χ1v) is 4.95. The minimum absolute atomic E-state index is 0.399. The van der Waals surface area contributed by atoms with E-state index in [0.29, 0.717) is 12.8 Å². The number of rotatable bonds is 4. The van der Waals surface area contributed by atoms with E-state index in [1.54, 1.807) is 0 Å². The highest BCUT2D eigenvalue weighted by molar-refractivity contribution is 5.74. The van der Waals surface area contributed by atoms with E-state index in [9.17, 15) is 9.90 Å². The van der Waals surface area contributed by atoms with Crippen LogP contribution in [0.15, 0.2) is 24.3 Å². The lowest BCUT2D eigenvalue weighted by atomic mass is 10.0. The van der Waals surface area contributed by atoms with Crippen molar-refractivity contribution >= 4 is 5.97 Å². The van der Waals surface area contributed by atoms with Gasteiger partial charge in [0.2, 0.25) is 0 Å². The molecule has 0 amide bonds. The lowest BCUT2D eigenvalue weighted by Gasteiger charge is -2.08. The normalized spacial score (nSPS) is 12.2. The summed E-state index contributed by atoms with van der Waals surface area (Å²) in [6, 6.07) is 8.01. The zero-order valence-corrected chi connectivity index (χ0v) is 9.06. The minimum Gasteiger partial charge on any atom is -0.467 e. The van der Waals surface area contributed by atoms with Gasteiger partial charge in [-0.1, -0.05) is 29.8 Å². The average molecular weight is 208 g/mol. The smallest absolute Gasteiger partial charge is 0.334 e. The minimum atomic E-state index is -1.02. The third-order valence-electron chi connectivity index (χ3n) is 2.26. The van der Waals surface area contributed by atoms with Gasteiger partial charge in [-0.3, -0.25) is 0 Å². The highest BCUT2D eigenvalue weighted by Gasteiger charge is 2.14. The Morgan fingerprint density at radius 2 is 2.27 bits per heavy atom. The summed E-state index contributed by atoms with van der Waals surface area (Å²) in [5, 5.41) is 9.37. The molecule has 0 radical (unpaired) electrons. The van der Waals surface area contributed by atoms with E-state index in [4.69, 9.17) is 0 Å². The molecule has 1 atom stereocenters. The molecule has 82 valence electrons. The summed E-state index contributed by atoms with van der Waals surface area (Å²) in [4.78, 5) is 10.9. The number of carbonyl (C=O) groups excluding carboxylic acids is 1. The fourth-order valence-electron chi connectivity index (χ4n) is 1.42. The Hall–Kier alpha value is -1.35. The number of ether oxygens (including phenoxy) is 1. The molecule has 0 bridgehead atoms. The molecular weight excluding hydrogens is 192 g/mol. The molecule has 1 rings (SSSR count). The predicted molar refractivity (Wildman–Crippen MR) is 57.5 cm³/mol. The number of hydrogen-bond acceptors (Lipinski definition) is 3. The zero-order chi connectivity index (χ0) is 11.3. The number of aliphatic hydroxyl groups is 1. The summed E-state index contributed by atoms with van der Waals surface area (Å²) in [5.41, 5.74) is 2.30. The van der Waals surface area contributed by atoms with E-state index in [-0.39, 0.29) is 0 Å². The van der Waals surface area contributed by atoms with Gasteiger partial charge in [-0.15, -0.1) is 0 Å². The van der Waals surface area contributed by atoms with Gasteiger partial charge < -0.3 is 9.84 Å². The van der Waals surface area contributed by atoms with Crippen molar-refractivity contribution in [3.05, 3.63) is 35.4 Å². The molecule has 0 aromatic heterocycles. The van der Waals surface area contributed by atoms with E-state index in [0.717, 1.165) is 5.56 Å². The van der Waals surface area contributed by atoms with Crippen LogP contribution in [0.2, 0.25) is 0 Å². The Balaban J connectivity index is 2.47. The summed E-state index contributed by atoms with van der Waals surface area (Å²) in [7, 11) is 1.28. The lowest BCUT2D eigenvalue weighted by molar-refractivity contribution is -0.150. The second kappa shape index (κ2) is 5.51. The van der Waals surface area contributed by atoms with Gasteiger partial charge in [-0.05, 0) is 25.3 Å². The fourth-order valence-corrected chi connectivity index (χ4v) is 1.42. The highest BCUT2D eigenvalue weighted by atomic mass is 16.5. The molecule has 1 aromatic carbocycles. The van der Waals surface area contributed by atoms with Crippen LogP contribution in [0.4, 0.5) is 0 Å². The first-order chi connectivity index (χ1) is 7.13. The van der Waals surface area contributed by atoms with E-state index < -0.39 is 12.1 Å². The van der Waals surface area contributed by atoms with Crippen LogP contribution in [0.25, 0.3) is 0 Å². The molecule has 3 heteroatoms. The molecule has 0 fully saturated rings. The number of methoxy groups -OCH3 is 1. The second-order valence-corrected chi connectivity index (χ2v) is 3.57. The van der Waals surface area contributed by atoms with Crippen molar-refractivity contribution in [3.63, 3.8) is 0 Å². The third-order valence-corrected chi connectivity index (χ3v) is 2.26. The highest BCUT2D eigenvalue weighted by Crippen LogP contribution is 2.08. The Morgan fingerprint density at radius 1 is 1.53 bits per heavy atom. The van der Waals surface area contributed by atoms with Crippen LogP contribution >= 0.6 is 0 Å². The van der Waals surface area contributed by atoms with Crippen LogP contribution in [-0.2, 0) is 16.0 Å². The largest absolute Gasteiger partial charge is 0.467 e. The van der Waals surface area contributed by atoms with Gasteiger partial charge in [0.15, 0.2) is 6.10 Å². The third kappa shape index (κ3) is 3.72. The van der Waals surface area contributed by atoms with Gasteiger partial charge in [0.05, 0.1) is 7.11 Å². The van der Waals surface area contributed by atoms with Crippen molar-refractivity contribution in [1.29, 1.82) is 0 Å². The van der Waals surface area contributed by atoms with Gasteiger partial charge in [0.1, 0.15) is 0 Å². The predicted octanol–water partition coefficient (Wildman–Crippen LogP) is 1.46. The monoisotopic (exact) mass is 208 g/mol. The van der Waals surface area contributed by atoms with E-state index in [1.165, 1.54) is 12.7 Å². The Morgan fingerprint density at radius 3 is 2.87 bits per heavy atom. The summed E-state index contributed by atoms with van der Waals surface area (Å²) in [5.74, 6) is -0.567. The molecule has 1 aromatic rings. The van der Waals surface area contributed by atoms with Crippen LogP contribution < -0.4 is 0 Å². The van der Waals surface area contributed by atoms with Gasteiger partial charge in [0.25, 0.3) is 0 Å². The summed E-state index contributed by atoms with van der Waals surface area (Å²) < 4.78 is 4.44. The standard InChI is InChI=1S/C12H16O3/c1-9-4-3-5-10(8-9)6-7-11(13)12(14)15-2/h3-5,8,11,13H,6-7H2,1-2H3. The number of benzene rings is 1. The number of aryl methyl sites for hydroxylation is 2. The first-order valence-electron chi connectivity index (χ1n) is 4.95. The molecule has 0 saturated heterocycles. The van der Waals surface area contributed by atoms with Crippen LogP contribution in [0.5, 0.6) is 0 Å². The number of esters is 1. The molecule has 0 saturated carbocycles. The molecule has 0 aliphatic rings. The van der Waals surface area contributed by atoms with Crippen molar-refractivity contribution in [2.45, 2.75) is 25.9 Å². The molecule has 3 nitrogen and oxygen atoms in total. The lowest BCUT2D eigenvalue weighted by Crippen LogP contribution is -2.22. The topological polar surface area (TPSA) is 46.5 Å². The fraction of sp³-hybridized carbons (Fsp3) is 0.417. The molecule has 0 spiro atoms. The molecule has 1 unspecified atom stereocenters. The SMILES string of the molecule is COC(=O)C(O)CCc1cccc(C)c1. The molecule has 15 heavy (non-hydrogen) atoms. The maximum Gasteiger partial charge on any atom is 0.334 e. The van der Waals surface area contributed by atoms with Crippen molar-refractivity contribution in [2.75, 3.05) is 7.11 Å². The quantitative estimate of drug-likeness (QED) is 0.762. The van der Waals surface area contributed by atoms with Crippen LogP contribution in [-0.4, -0.2) is 24.3 Å². The first kappa shape index (κ1) is 11.7. The Kier molecular flexibility index (Phi) is 4.31.